The van der Waals surface area contributed by atoms with Crippen molar-refractivity contribution in [1.29, 1.82) is 0 Å². The van der Waals surface area contributed by atoms with Crippen molar-refractivity contribution in [2.75, 3.05) is 31.1 Å². The molecule has 0 aliphatic carbocycles. The topological polar surface area (TPSA) is 38.5 Å². The second-order valence-corrected chi connectivity index (χ2v) is 5.31. The molecular formula is C13H19BrN2O. The minimum Gasteiger partial charge on any atom is -0.375 e. The van der Waals surface area contributed by atoms with Crippen LogP contribution in [-0.2, 0) is 11.2 Å². The van der Waals surface area contributed by atoms with E-state index >= 15 is 0 Å². The molecule has 1 aliphatic rings. The van der Waals surface area contributed by atoms with Crippen LogP contribution in [0.3, 0.4) is 0 Å². The van der Waals surface area contributed by atoms with Gasteiger partial charge >= 0.3 is 0 Å². The summed E-state index contributed by atoms with van der Waals surface area (Å²) >= 11 is 3.65. The maximum atomic E-state index is 5.57. The summed E-state index contributed by atoms with van der Waals surface area (Å²) in [4.78, 5) is 2.37. The molecule has 4 heteroatoms. The van der Waals surface area contributed by atoms with Crippen LogP contribution in [0.15, 0.2) is 22.7 Å². The molecule has 2 rings (SSSR count). The number of benzene rings is 1. The molecule has 0 bridgehead atoms. The van der Waals surface area contributed by atoms with E-state index in [1.54, 1.807) is 0 Å². The summed E-state index contributed by atoms with van der Waals surface area (Å²) in [5, 5.41) is 0. The first kappa shape index (κ1) is 12.9. The van der Waals surface area contributed by atoms with Crippen molar-refractivity contribution < 1.29 is 4.74 Å². The molecular weight excluding hydrogens is 280 g/mol. The van der Waals surface area contributed by atoms with Crippen molar-refractivity contribution in [3.8, 4) is 0 Å². The standard InChI is InChI=1S/C13H19BrN2O/c1-10-9-16(6-7-17-10)13-3-2-11(4-5-15)8-12(13)14/h2-3,8,10H,4-7,9,15H2,1H3. The van der Waals surface area contributed by atoms with E-state index in [4.69, 9.17) is 10.5 Å². The molecule has 0 amide bonds. The fourth-order valence-electron chi connectivity index (χ4n) is 2.17. The van der Waals surface area contributed by atoms with E-state index < -0.39 is 0 Å². The monoisotopic (exact) mass is 298 g/mol. The van der Waals surface area contributed by atoms with Gasteiger partial charge in [-0.15, -0.1) is 0 Å². The highest BCUT2D eigenvalue weighted by molar-refractivity contribution is 9.10. The predicted molar refractivity (Wildman–Crippen MR) is 74.5 cm³/mol. The Labute approximate surface area is 111 Å². The Kier molecular flexibility index (Phi) is 4.42. The van der Waals surface area contributed by atoms with E-state index in [1.165, 1.54) is 11.3 Å². The van der Waals surface area contributed by atoms with Gasteiger partial charge in [0.15, 0.2) is 0 Å². The fraction of sp³-hybridized carbons (Fsp3) is 0.538. The molecule has 1 heterocycles. The van der Waals surface area contributed by atoms with Crippen molar-refractivity contribution in [1.82, 2.24) is 0 Å². The third kappa shape index (κ3) is 3.21. The summed E-state index contributed by atoms with van der Waals surface area (Å²) in [7, 11) is 0. The van der Waals surface area contributed by atoms with E-state index in [2.05, 4.69) is 46.0 Å². The number of morpholine rings is 1. The quantitative estimate of drug-likeness (QED) is 0.929. The van der Waals surface area contributed by atoms with Gasteiger partial charge in [-0.1, -0.05) is 6.07 Å². The smallest absolute Gasteiger partial charge is 0.0722 e. The van der Waals surface area contributed by atoms with Crippen LogP contribution in [0.5, 0.6) is 0 Å². The Balaban J connectivity index is 2.15. The van der Waals surface area contributed by atoms with Crippen molar-refractivity contribution in [2.24, 2.45) is 5.73 Å². The van der Waals surface area contributed by atoms with Crippen molar-refractivity contribution in [3.63, 3.8) is 0 Å². The maximum absolute atomic E-state index is 5.57. The van der Waals surface area contributed by atoms with Gasteiger partial charge in [-0.05, 0) is 53.5 Å². The van der Waals surface area contributed by atoms with Gasteiger partial charge in [-0.25, -0.2) is 0 Å². The van der Waals surface area contributed by atoms with E-state index in [-0.39, 0.29) is 0 Å². The van der Waals surface area contributed by atoms with Crippen LogP contribution in [0.4, 0.5) is 5.69 Å². The molecule has 2 N–H and O–H groups in total. The summed E-state index contributed by atoms with van der Waals surface area (Å²) in [6, 6.07) is 6.50. The zero-order valence-electron chi connectivity index (χ0n) is 10.2. The van der Waals surface area contributed by atoms with Crippen molar-refractivity contribution >= 4 is 21.6 Å². The fourth-order valence-corrected chi connectivity index (χ4v) is 2.84. The largest absolute Gasteiger partial charge is 0.375 e. The first-order valence-electron chi connectivity index (χ1n) is 6.05. The third-order valence-corrected chi connectivity index (χ3v) is 3.66. The van der Waals surface area contributed by atoms with E-state index in [0.717, 1.165) is 30.6 Å². The van der Waals surface area contributed by atoms with Crippen LogP contribution < -0.4 is 10.6 Å². The lowest BCUT2D eigenvalue weighted by Gasteiger charge is -2.33. The number of hydrogen-bond acceptors (Lipinski definition) is 3. The Bertz CT molecular complexity index is 384. The van der Waals surface area contributed by atoms with Gasteiger partial charge in [-0.2, -0.15) is 0 Å². The molecule has 1 unspecified atom stereocenters. The van der Waals surface area contributed by atoms with Crippen LogP contribution in [0.2, 0.25) is 0 Å². The number of ether oxygens (including phenoxy) is 1. The Morgan fingerprint density at radius 1 is 1.53 bits per heavy atom. The number of anilines is 1. The van der Waals surface area contributed by atoms with Gasteiger partial charge in [0.25, 0.3) is 0 Å². The summed E-state index contributed by atoms with van der Waals surface area (Å²) in [5.74, 6) is 0. The lowest BCUT2D eigenvalue weighted by molar-refractivity contribution is 0.0532. The molecule has 17 heavy (non-hydrogen) atoms. The predicted octanol–water partition coefficient (Wildman–Crippen LogP) is 2.18. The van der Waals surface area contributed by atoms with E-state index in [1.807, 2.05) is 0 Å². The van der Waals surface area contributed by atoms with Crippen molar-refractivity contribution in [2.45, 2.75) is 19.4 Å². The summed E-state index contributed by atoms with van der Waals surface area (Å²) in [5.41, 5.74) is 8.10. The molecule has 94 valence electrons. The first-order valence-corrected chi connectivity index (χ1v) is 6.85. The molecule has 1 aromatic carbocycles. The molecule has 0 aromatic heterocycles. The first-order chi connectivity index (χ1) is 8.20. The third-order valence-electron chi connectivity index (χ3n) is 3.03. The van der Waals surface area contributed by atoms with Crippen LogP contribution >= 0.6 is 15.9 Å². The van der Waals surface area contributed by atoms with Crippen LogP contribution in [0, 0.1) is 0 Å². The lowest BCUT2D eigenvalue weighted by atomic mass is 10.1. The molecule has 0 spiro atoms. The van der Waals surface area contributed by atoms with Gasteiger partial charge in [0.2, 0.25) is 0 Å². The zero-order valence-corrected chi connectivity index (χ0v) is 11.7. The highest BCUT2D eigenvalue weighted by atomic mass is 79.9. The number of halogens is 1. The average molecular weight is 299 g/mol. The zero-order chi connectivity index (χ0) is 12.3. The highest BCUT2D eigenvalue weighted by Gasteiger charge is 2.18. The van der Waals surface area contributed by atoms with Gasteiger partial charge in [0, 0.05) is 17.6 Å². The number of rotatable bonds is 3. The minimum absolute atomic E-state index is 0.305. The number of nitrogens with zero attached hydrogens (tertiary/aromatic N) is 1. The average Bonchev–Trinajstić information content (AvgIpc) is 2.29. The minimum atomic E-state index is 0.305. The van der Waals surface area contributed by atoms with Crippen LogP contribution in [-0.4, -0.2) is 32.3 Å². The molecule has 3 nitrogen and oxygen atoms in total. The molecule has 1 aliphatic heterocycles. The van der Waals surface area contributed by atoms with Crippen LogP contribution in [0.25, 0.3) is 0 Å². The Hall–Kier alpha value is -0.580. The number of hydrogen-bond donors (Lipinski definition) is 1. The molecule has 1 aromatic rings. The molecule has 1 atom stereocenters. The van der Waals surface area contributed by atoms with Gasteiger partial charge in [0.05, 0.1) is 18.4 Å². The summed E-state index contributed by atoms with van der Waals surface area (Å²) < 4.78 is 6.71. The number of nitrogens with two attached hydrogens (primary N) is 1. The summed E-state index contributed by atoms with van der Waals surface area (Å²) in [6.45, 7) is 5.52. The molecule has 0 radical (unpaired) electrons. The Morgan fingerprint density at radius 3 is 3.00 bits per heavy atom. The summed E-state index contributed by atoms with van der Waals surface area (Å²) in [6.07, 6.45) is 1.23. The molecule has 1 saturated heterocycles. The molecule has 1 fully saturated rings. The van der Waals surface area contributed by atoms with Gasteiger partial charge < -0.3 is 15.4 Å². The normalized spacial score (nSPS) is 20.6. The highest BCUT2D eigenvalue weighted by Crippen LogP contribution is 2.28. The Morgan fingerprint density at radius 2 is 2.35 bits per heavy atom. The van der Waals surface area contributed by atoms with E-state index in [9.17, 15) is 0 Å². The maximum Gasteiger partial charge on any atom is 0.0722 e. The lowest BCUT2D eigenvalue weighted by Crippen LogP contribution is -2.41. The van der Waals surface area contributed by atoms with E-state index in [0.29, 0.717) is 12.6 Å². The van der Waals surface area contributed by atoms with Crippen LogP contribution in [0.1, 0.15) is 12.5 Å². The van der Waals surface area contributed by atoms with Gasteiger partial charge in [-0.3, -0.25) is 0 Å². The second kappa shape index (κ2) is 5.85. The SMILES string of the molecule is CC1CN(c2ccc(CCN)cc2Br)CCO1. The molecule has 0 saturated carbocycles. The second-order valence-electron chi connectivity index (χ2n) is 4.45. The van der Waals surface area contributed by atoms with Gasteiger partial charge in [0.1, 0.15) is 0 Å². The van der Waals surface area contributed by atoms with Crippen molar-refractivity contribution in [3.05, 3.63) is 28.2 Å².